The van der Waals surface area contributed by atoms with Gasteiger partial charge in [-0.2, -0.15) is 8.42 Å². The number of phenols is 1. The zero-order valence-electron chi connectivity index (χ0n) is 17.0. The van der Waals surface area contributed by atoms with Crippen molar-refractivity contribution in [2.45, 2.75) is 11.3 Å². The third kappa shape index (κ3) is 5.46. The van der Waals surface area contributed by atoms with E-state index < -0.39 is 10.0 Å². The summed E-state index contributed by atoms with van der Waals surface area (Å²) in [6, 6.07) is 12.5. The lowest BCUT2D eigenvalue weighted by molar-refractivity contribution is -0.122. The number of ether oxygens (including phenoxy) is 2. The van der Waals surface area contributed by atoms with Gasteiger partial charge in [0.05, 0.1) is 16.9 Å². The van der Waals surface area contributed by atoms with Crippen LogP contribution in [0.5, 0.6) is 11.5 Å². The molecule has 2 aromatic carbocycles. The number of benzene rings is 2. The number of thioether (sulfide) groups is 1. The molecular formula is C21H22N2O6S2. The molecule has 1 saturated heterocycles. The van der Waals surface area contributed by atoms with Crippen LogP contribution in [0.4, 0.5) is 0 Å². The highest BCUT2D eigenvalue weighted by Crippen LogP contribution is 2.35. The van der Waals surface area contributed by atoms with E-state index in [-0.39, 0.29) is 34.0 Å². The van der Waals surface area contributed by atoms with Gasteiger partial charge in [0.2, 0.25) is 0 Å². The number of sulfonamides is 1. The van der Waals surface area contributed by atoms with Crippen LogP contribution in [-0.2, 0) is 19.6 Å². The smallest absolute Gasteiger partial charge is 0.284 e. The molecule has 10 heteroatoms. The number of methoxy groups -OCH3 is 2. The number of rotatable bonds is 8. The Balaban J connectivity index is 1.97. The highest BCUT2D eigenvalue weighted by Gasteiger charge is 2.34. The summed E-state index contributed by atoms with van der Waals surface area (Å²) in [4.78, 5) is 14.7. The topological polar surface area (TPSA) is 106 Å². The molecule has 1 aliphatic heterocycles. The maximum absolute atomic E-state index is 13.0. The number of hydrogen-bond acceptors (Lipinski definition) is 7. The summed E-state index contributed by atoms with van der Waals surface area (Å²) >= 11 is 0.983. The Bertz CT molecular complexity index is 1110. The summed E-state index contributed by atoms with van der Waals surface area (Å²) in [5.74, 6) is -0.107. The molecule has 2 aromatic rings. The molecule has 31 heavy (non-hydrogen) atoms. The summed E-state index contributed by atoms with van der Waals surface area (Å²) in [6.07, 6.45) is 2.13. The second-order valence-corrected chi connectivity index (χ2v) is 9.12. The first-order valence-corrected chi connectivity index (χ1v) is 11.6. The van der Waals surface area contributed by atoms with Gasteiger partial charge in [-0.1, -0.05) is 24.3 Å². The van der Waals surface area contributed by atoms with Crippen molar-refractivity contribution in [3.8, 4) is 11.5 Å². The maximum Gasteiger partial charge on any atom is 0.284 e. The van der Waals surface area contributed by atoms with Gasteiger partial charge in [0.25, 0.3) is 15.9 Å². The Kier molecular flexibility index (Phi) is 7.37. The fourth-order valence-corrected chi connectivity index (χ4v) is 5.05. The van der Waals surface area contributed by atoms with E-state index in [4.69, 9.17) is 9.47 Å². The molecule has 8 nitrogen and oxygen atoms in total. The number of carbonyl (C=O) groups excluding carboxylic acids is 1. The summed E-state index contributed by atoms with van der Waals surface area (Å²) in [7, 11) is -0.998. The van der Waals surface area contributed by atoms with E-state index in [0.717, 1.165) is 11.8 Å². The van der Waals surface area contributed by atoms with Crippen LogP contribution in [0, 0.1) is 0 Å². The van der Waals surface area contributed by atoms with Gasteiger partial charge in [-0.3, -0.25) is 9.69 Å². The Morgan fingerprint density at radius 2 is 1.90 bits per heavy atom. The average Bonchev–Trinajstić information content (AvgIpc) is 3.04. The molecule has 1 heterocycles. The van der Waals surface area contributed by atoms with Crippen molar-refractivity contribution in [1.82, 2.24) is 4.90 Å². The van der Waals surface area contributed by atoms with Crippen LogP contribution in [-0.4, -0.2) is 56.9 Å². The van der Waals surface area contributed by atoms with E-state index in [2.05, 4.69) is 4.40 Å². The van der Waals surface area contributed by atoms with Crippen molar-refractivity contribution in [3.05, 3.63) is 59.0 Å². The second kappa shape index (κ2) is 9.99. The SMILES string of the molecule is COCCCN1C(=O)/C(=C/c2ccc(O)c(OC)c2)SC1=NS(=O)(=O)c1ccccc1. The second-order valence-electron chi connectivity index (χ2n) is 6.51. The van der Waals surface area contributed by atoms with Crippen LogP contribution in [0.3, 0.4) is 0 Å². The maximum atomic E-state index is 13.0. The molecule has 0 aromatic heterocycles. The van der Waals surface area contributed by atoms with Crippen molar-refractivity contribution in [3.63, 3.8) is 0 Å². The predicted molar refractivity (Wildman–Crippen MR) is 119 cm³/mol. The normalized spacial score (nSPS) is 17.0. The van der Waals surface area contributed by atoms with Crippen molar-refractivity contribution >= 4 is 38.9 Å². The Morgan fingerprint density at radius 3 is 2.58 bits per heavy atom. The first-order valence-electron chi connectivity index (χ1n) is 9.33. The van der Waals surface area contributed by atoms with Gasteiger partial charge in [0.15, 0.2) is 16.7 Å². The van der Waals surface area contributed by atoms with Crippen LogP contribution < -0.4 is 4.74 Å². The molecule has 0 radical (unpaired) electrons. The molecule has 3 rings (SSSR count). The molecule has 0 saturated carbocycles. The molecule has 0 bridgehead atoms. The summed E-state index contributed by atoms with van der Waals surface area (Å²) < 4.78 is 39.5. The highest BCUT2D eigenvalue weighted by atomic mass is 32.2. The minimum atomic E-state index is -3.98. The average molecular weight is 463 g/mol. The number of hydrogen-bond donors (Lipinski definition) is 1. The fourth-order valence-electron chi connectivity index (χ4n) is 2.82. The lowest BCUT2D eigenvalue weighted by Gasteiger charge is -2.15. The molecule has 1 fully saturated rings. The monoisotopic (exact) mass is 462 g/mol. The Hall–Kier alpha value is -2.82. The minimum absolute atomic E-state index is 0.0209. The van der Waals surface area contributed by atoms with E-state index in [1.54, 1.807) is 43.5 Å². The molecule has 164 valence electrons. The molecular weight excluding hydrogens is 440 g/mol. The molecule has 0 atom stereocenters. The summed E-state index contributed by atoms with van der Waals surface area (Å²) in [6.45, 7) is 0.681. The Labute approximate surface area is 185 Å². The van der Waals surface area contributed by atoms with Gasteiger partial charge in [-0.15, -0.1) is 4.40 Å². The van der Waals surface area contributed by atoms with Gasteiger partial charge in [-0.05, 0) is 54.1 Å². The van der Waals surface area contributed by atoms with Gasteiger partial charge >= 0.3 is 0 Å². The van der Waals surface area contributed by atoms with Crippen molar-refractivity contribution < 1.29 is 27.8 Å². The summed E-state index contributed by atoms with van der Waals surface area (Å²) in [5, 5.41) is 9.85. The number of carbonyl (C=O) groups is 1. The van der Waals surface area contributed by atoms with Crippen LogP contribution in [0.2, 0.25) is 0 Å². The molecule has 0 unspecified atom stereocenters. The number of amidine groups is 1. The number of nitrogens with zero attached hydrogens (tertiary/aromatic N) is 2. The van der Waals surface area contributed by atoms with Crippen LogP contribution in [0.1, 0.15) is 12.0 Å². The first-order chi connectivity index (χ1) is 14.9. The zero-order chi connectivity index (χ0) is 22.4. The van der Waals surface area contributed by atoms with Gasteiger partial charge in [0.1, 0.15) is 0 Å². The van der Waals surface area contributed by atoms with Crippen LogP contribution in [0.15, 0.2) is 62.7 Å². The molecule has 1 aliphatic rings. The third-order valence-corrected chi connectivity index (χ3v) is 6.76. The van der Waals surface area contributed by atoms with E-state index in [9.17, 15) is 18.3 Å². The fraction of sp³-hybridized carbons (Fsp3) is 0.238. The van der Waals surface area contributed by atoms with Crippen LogP contribution in [0.25, 0.3) is 6.08 Å². The molecule has 0 spiro atoms. The van der Waals surface area contributed by atoms with Crippen molar-refractivity contribution in [2.24, 2.45) is 4.40 Å². The van der Waals surface area contributed by atoms with Crippen molar-refractivity contribution in [1.29, 1.82) is 0 Å². The quantitative estimate of drug-likeness (QED) is 0.475. The van der Waals surface area contributed by atoms with Gasteiger partial charge < -0.3 is 14.6 Å². The molecule has 1 N–H and O–H groups in total. The summed E-state index contributed by atoms with van der Waals surface area (Å²) in [5.41, 5.74) is 0.620. The van der Waals surface area contributed by atoms with E-state index >= 15 is 0 Å². The standard InChI is InChI=1S/C21H22N2O6S2/c1-28-12-6-11-23-20(25)19(14-15-9-10-17(24)18(13-15)29-2)30-21(23)22-31(26,27)16-7-4-3-5-8-16/h3-5,7-10,13-14,24H,6,11-12H2,1-2H3/b19-14-,22-21?. The lowest BCUT2D eigenvalue weighted by atomic mass is 10.2. The van der Waals surface area contributed by atoms with E-state index in [1.165, 1.54) is 30.2 Å². The molecule has 0 aliphatic carbocycles. The largest absolute Gasteiger partial charge is 0.504 e. The van der Waals surface area contributed by atoms with Gasteiger partial charge in [-0.25, -0.2) is 0 Å². The number of amides is 1. The van der Waals surface area contributed by atoms with Gasteiger partial charge in [0, 0.05) is 20.3 Å². The first kappa shape index (κ1) is 22.9. The third-order valence-electron chi connectivity index (χ3n) is 4.36. The lowest BCUT2D eigenvalue weighted by Crippen LogP contribution is -2.31. The Morgan fingerprint density at radius 1 is 1.16 bits per heavy atom. The number of aromatic hydroxyl groups is 1. The number of phenolic OH excluding ortho intramolecular Hbond substituents is 1. The van der Waals surface area contributed by atoms with E-state index in [1.807, 2.05) is 0 Å². The predicted octanol–water partition coefficient (Wildman–Crippen LogP) is 3.10. The zero-order valence-corrected chi connectivity index (χ0v) is 18.6. The molecule has 1 amide bonds. The van der Waals surface area contributed by atoms with Crippen LogP contribution >= 0.6 is 11.8 Å². The minimum Gasteiger partial charge on any atom is -0.504 e. The highest BCUT2D eigenvalue weighted by molar-refractivity contribution is 8.19. The van der Waals surface area contributed by atoms with E-state index in [0.29, 0.717) is 23.5 Å². The van der Waals surface area contributed by atoms with Crippen molar-refractivity contribution in [2.75, 3.05) is 27.4 Å².